The molecule has 1 rings (SSSR count). The Kier molecular flexibility index (Phi) is 6.32. The van der Waals surface area contributed by atoms with Crippen LogP contribution in [0.5, 0.6) is 5.75 Å². The molecule has 0 spiro atoms. The summed E-state index contributed by atoms with van der Waals surface area (Å²) in [5.74, 6) is 1.43. The van der Waals surface area contributed by atoms with Gasteiger partial charge in [-0.15, -0.1) is 0 Å². The van der Waals surface area contributed by atoms with E-state index in [1.54, 1.807) is 12.2 Å². The summed E-state index contributed by atoms with van der Waals surface area (Å²) >= 11 is 0. The van der Waals surface area contributed by atoms with Crippen LogP contribution < -0.4 is 4.74 Å². The van der Waals surface area contributed by atoms with E-state index in [9.17, 15) is 0 Å². The highest BCUT2D eigenvalue weighted by Gasteiger charge is 2.01. The third-order valence-electron chi connectivity index (χ3n) is 3.09. The number of rotatable bonds is 7. The Morgan fingerprint density at radius 1 is 1.30 bits per heavy atom. The van der Waals surface area contributed by atoms with E-state index >= 15 is 0 Å². The molecule has 2 nitrogen and oxygen atoms in total. The van der Waals surface area contributed by atoms with Crippen molar-refractivity contribution in [2.75, 3.05) is 6.61 Å². The second kappa shape index (κ2) is 8.01. The largest absolute Gasteiger partial charge is 0.493 e. The van der Waals surface area contributed by atoms with Gasteiger partial charge in [-0.05, 0) is 35.3 Å². The van der Waals surface area contributed by atoms with E-state index in [0.717, 1.165) is 29.9 Å². The van der Waals surface area contributed by atoms with E-state index in [4.69, 9.17) is 10.00 Å². The highest BCUT2D eigenvalue weighted by atomic mass is 16.5. The van der Waals surface area contributed by atoms with Gasteiger partial charge in [-0.3, -0.25) is 0 Å². The summed E-state index contributed by atoms with van der Waals surface area (Å²) in [6.45, 7) is 12.6. The van der Waals surface area contributed by atoms with Gasteiger partial charge in [-0.25, -0.2) is 0 Å². The van der Waals surface area contributed by atoms with Gasteiger partial charge >= 0.3 is 0 Å². The number of ether oxygens (including phenoxy) is 1. The van der Waals surface area contributed by atoms with E-state index in [2.05, 4.69) is 27.0 Å². The number of benzene rings is 1. The average molecular weight is 267 g/mol. The zero-order valence-corrected chi connectivity index (χ0v) is 12.2. The molecule has 0 aliphatic rings. The molecular weight excluding hydrogens is 246 g/mol. The molecule has 0 heterocycles. The van der Waals surface area contributed by atoms with Crippen LogP contribution in [-0.2, 0) is 0 Å². The molecule has 0 saturated carbocycles. The fourth-order valence-electron chi connectivity index (χ4n) is 1.46. The first-order chi connectivity index (χ1) is 9.56. The topological polar surface area (TPSA) is 33.0 Å². The minimum atomic E-state index is 0.416. The molecule has 0 aliphatic carbocycles. The number of hydrogen-bond donors (Lipinski definition) is 0. The number of hydrogen-bond acceptors (Lipinski definition) is 2. The molecular formula is C18H21NO. The van der Waals surface area contributed by atoms with Crippen molar-refractivity contribution in [2.45, 2.75) is 20.3 Å². The monoisotopic (exact) mass is 267 g/mol. The second-order valence-corrected chi connectivity index (χ2v) is 4.84. The lowest BCUT2D eigenvalue weighted by Crippen LogP contribution is -2.07. The van der Waals surface area contributed by atoms with Crippen LogP contribution in [-0.4, -0.2) is 6.61 Å². The first kappa shape index (κ1) is 15.8. The molecule has 0 aromatic heterocycles. The Bertz CT molecular complexity index is 532. The maximum absolute atomic E-state index is 8.63. The molecule has 1 unspecified atom stereocenters. The van der Waals surface area contributed by atoms with Gasteiger partial charge in [-0.1, -0.05) is 51.6 Å². The molecule has 1 aromatic rings. The maximum atomic E-state index is 8.63. The lowest BCUT2D eigenvalue weighted by molar-refractivity contribution is 0.256. The fourth-order valence-corrected chi connectivity index (χ4v) is 1.46. The van der Waals surface area contributed by atoms with E-state index in [0.29, 0.717) is 11.5 Å². The minimum Gasteiger partial charge on any atom is -0.493 e. The smallest absolute Gasteiger partial charge is 0.119 e. The Hall–Kier alpha value is -2.27. The summed E-state index contributed by atoms with van der Waals surface area (Å²) in [5, 5.41) is 8.63. The average Bonchev–Trinajstić information content (AvgIpc) is 2.50. The van der Waals surface area contributed by atoms with Crippen molar-refractivity contribution in [3.63, 3.8) is 0 Å². The van der Waals surface area contributed by atoms with Crippen molar-refractivity contribution in [1.82, 2.24) is 0 Å². The van der Waals surface area contributed by atoms with Crippen LogP contribution in [0.1, 0.15) is 25.8 Å². The Morgan fingerprint density at radius 2 is 1.95 bits per heavy atom. The zero-order chi connectivity index (χ0) is 15.0. The van der Waals surface area contributed by atoms with E-state index in [1.165, 1.54) is 0 Å². The summed E-state index contributed by atoms with van der Waals surface area (Å²) in [5.41, 5.74) is 2.26. The van der Waals surface area contributed by atoms with E-state index in [1.807, 2.05) is 30.3 Å². The quantitative estimate of drug-likeness (QED) is 0.527. The molecule has 0 aliphatic heterocycles. The molecule has 2 heteroatoms. The summed E-state index contributed by atoms with van der Waals surface area (Å²) in [7, 11) is 0. The van der Waals surface area contributed by atoms with Gasteiger partial charge < -0.3 is 4.74 Å². The van der Waals surface area contributed by atoms with Crippen molar-refractivity contribution in [3.8, 4) is 11.8 Å². The van der Waals surface area contributed by atoms with Gasteiger partial charge in [0.15, 0.2) is 0 Å². The van der Waals surface area contributed by atoms with Gasteiger partial charge in [0.1, 0.15) is 5.75 Å². The Morgan fingerprint density at radius 3 is 2.50 bits per heavy atom. The maximum Gasteiger partial charge on any atom is 0.119 e. The molecule has 0 radical (unpaired) electrons. The van der Waals surface area contributed by atoms with Crippen molar-refractivity contribution in [2.24, 2.45) is 5.92 Å². The summed E-state index contributed by atoms with van der Waals surface area (Å²) in [6, 6.07) is 9.78. The molecule has 0 amide bonds. The van der Waals surface area contributed by atoms with Gasteiger partial charge in [0.05, 0.1) is 12.7 Å². The molecule has 1 aromatic carbocycles. The predicted molar refractivity (Wildman–Crippen MR) is 84.3 cm³/mol. The van der Waals surface area contributed by atoms with E-state index < -0.39 is 0 Å². The molecule has 0 N–H and O–H groups in total. The van der Waals surface area contributed by atoms with Crippen LogP contribution in [0.4, 0.5) is 0 Å². The first-order valence-electron chi connectivity index (χ1n) is 6.76. The standard InChI is InChI=1S/C18H21NO/c1-5-14(2)13-20-18-10-8-17(9-11-18)16(4)7-6-15(3)12-19/h6-11,14H,3-5,13H2,1-2H3/b7-6-. The third kappa shape index (κ3) is 5.16. The van der Waals surface area contributed by atoms with Crippen LogP contribution in [0.2, 0.25) is 0 Å². The van der Waals surface area contributed by atoms with Crippen LogP contribution in [0.15, 0.2) is 55.1 Å². The lowest BCUT2D eigenvalue weighted by atomic mass is 10.1. The van der Waals surface area contributed by atoms with Gasteiger partial charge in [-0.2, -0.15) is 5.26 Å². The molecule has 1 atom stereocenters. The van der Waals surface area contributed by atoms with Crippen LogP contribution >= 0.6 is 0 Å². The molecule has 0 saturated heterocycles. The minimum absolute atomic E-state index is 0.416. The van der Waals surface area contributed by atoms with Crippen LogP contribution in [0.25, 0.3) is 5.57 Å². The Labute approximate surface area is 121 Å². The number of nitriles is 1. The fraction of sp³-hybridized carbons (Fsp3) is 0.278. The normalized spacial score (nSPS) is 11.8. The molecule has 20 heavy (non-hydrogen) atoms. The van der Waals surface area contributed by atoms with Crippen LogP contribution in [0, 0.1) is 17.2 Å². The van der Waals surface area contributed by atoms with Gasteiger partial charge in [0.2, 0.25) is 0 Å². The van der Waals surface area contributed by atoms with Crippen molar-refractivity contribution >= 4 is 5.57 Å². The highest BCUT2D eigenvalue weighted by molar-refractivity contribution is 5.73. The molecule has 0 fully saturated rings. The lowest BCUT2D eigenvalue weighted by Gasteiger charge is -2.11. The number of allylic oxidation sites excluding steroid dienone is 4. The van der Waals surface area contributed by atoms with Crippen LogP contribution in [0.3, 0.4) is 0 Å². The van der Waals surface area contributed by atoms with Gasteiger partial charge in [0.25, 0.3) is 0 Å². The number of nitrogens with zero attached hydrogens (tertiary/aromatic N) is 1. The highest BCUT2D eigenvalue weighted by Crippen LogP contribution is 2.19. The van der Waals surface area contributed by atoms with Crippen molar-refractivity contribution in [1.29, 1.82) is 5.26 Å². The molecule has 104 valence electrons. The van der Waals surface area contributed by atoms with Crippen molar-refractivity contribution in [3.05, 3.63) is 60.7 Å². The molecule has 0 bridgehead atoms. The summed E-state index contributed by atoms with van der Waals surface area (Å²) in [6.07, 6.45) is 4.57. The predicted octanol–water partition coefficient (Wildman–Crippen LogP) is 4.76. The summed E-state index contributed by atoms with van der Waals surface area (Å²) < 4.78 is 5.70. The third-order valence-corrected chi connectivity index (χ3v) is 3.09. The zero-order valence-electron chi connectivity index (χ0n) is 12.2. The van der Waals surface area contributed by atoms with Crippen molar-refractivity contribution < 1.29 is 4.74 Å². The summed E-state index contributed by atoms with van der Waals surface area (Å²) in [4.78, 5) is 0. The SMILES string of the molecule is C=C(C#N)/C=C\C(=C)c1ccc(OCC(C)CC)cc1. The second-order valence-electron chi connectivity index (χ2n) is 4.84. The van der Waals surface area contributed by atoms with E-state index in [-0.39, 0.29) is 0 Å². The first-order valence-corrected chi connectivity index (χ1v) is 6.76. The van der Waals surface area contributed by atoms with Gasteiger partial charge in [0, 0.05) is 5.57 Å². The Balaban J connectivity index is 2.62.